The van der Waals surface area contributed by atoms with Crippen molar-refractivity contribution in [1.29, 1.82) is 0 Å². The van der Waals surface area contributed by atoms with Crippen LogP contribution in [0.2, 0.25) is 0 Å². The van der Waals surface area contributed by atoms with Gasteiger partial charge in [0, 0.05) is 13.5 Å². The van der Waals surface area contributed by atoms with Gasteiger partial charge in [-0.2, -0.15) is 0 Å². The van der Waals surface area contributed by atoms with Crippen molar-refractivity contribution in [2.24, 2.45) is 5.92 Å². The van der Waals surface area contributed by atoms with Crippen molar-refractivity contribution in [2.45, 2.75) is 33.1 Å². The molecule has 0 aromatic rings. The molecule has 1 amide bonds. The maximum absolute atomic E-state index is 10.6. The Kier molecular flexibility index (Phi) is 6.44. The van der Waals surface area contributed by atoms with Crippen LogP contribution in [0, 0.1) is 5.92 Å². The lowest BCUT2D eigenvalue weighted by molar-refractivity contribution is -0.119. The molecule has 0 aliphatic heterocycles. The molecule has 0 aliphatic rings. The van der Waals surface area contributed by atoms with Gasteiger partial charge in [0.1, 0.15) is 0 Å². The molecule has 0 aromatic carbocycles. The van der Waals surface area contributed by atoms with E-state index in [1.165, 1.54) is 0 Å². The second-order valence-corrected chi connectivity index (χ2v) is 3.08. The van der Waals surface area contributed by atoms with Gasteiger partial charge in [-0.05, 0) is 18.8 Å². The summed E-state index contributed by atoms with van der Waals surface area (Å²) in [5.41, 5.74) is 0. The van der Waals surface area contributed by atoms with E-state index in [4.69, 9.17) is 0 Å². The Morgan fingerprint density at radius 3 is 2.75 bits per heavy atom. The number of allylic oxidation sites excluding steroid dienone is 1. The monoisotopic (exact) mass is 169 g/mol. The van der Waals surface area contributed by atoms with Crippen molar-refractivity contribution in [3.05, 3.63) is 12.7 Å². The van der Waals surface area contributed by atoms with E-state index < -0.39 is 0 Å². The summed E-state index contributed by atoms with van der Waals surface area (Å²) in [4.78, 5) is 10.6. The molecule has 1 atom stereocenters. The normalized spacial score (nSPS) is 12.2. The fraction of sp³-hybridized carbons (Fsp3) is 0.700. The van der Waals surface area contributed by atoms with Crippen LogP contribution in [0.1, 0.15) is 33.1 Å². The molecule has 0 fully saturated rings. The van der Waals surface area contributed by atoms with Gasteiger partial charge in [-0.1, -0.05) is 19.4 Å². The van der Waals surface area contributed by atoms with Crippen LogP contribution in [-0.4, -0.2) is 12.5 Å². The molecule has 0 radical (unpaired) electrons. The van der Waals surface area contributed by atoms with Crippen molar-refractivity contribution in [3.63, 3.8) is 0 Å². The molecule has 0 heterocycles. The number of hydrogen-bond acceptors (Lipinski definition) is 1. The van der Waals surface area contributed by atoms with Gasteiger partial charge in [-0.25, -0.2) is 0 Å². The lowest BCUT2D eigenvalue weighted by Crippen LogP contribution is -2.26. The molecule has 70 valence electrons. The summed E-state index contributed by atoms with van der Waals surface area (Å²) in [6.07, 6.45) is 5.21. The Morgan fingerprint density at radius 1 is 1.67 bits per heavy atom. The topological polar surface area (TPSA) is 29.1 Å². The third-order valence-electron chi connectivity index (χ3n) is 2.00. The Morgan fingerprint density at radius 2 is 2.33 bits per heavy atom. The summed E-state index contributed by atoms with van der Waals surface area (Å²) >= 11 is 0. The SMILES string of the molecule is C=CCCC(CC)CNC(C)=O. The predicted molar refractivity (Wildman–Crippen MR) is 51.9 cm³/mol. The Labute approximate surface area is 75.0 Å². The van der Waals surface area contributed by atoms with Gasteiger partial charge < -0.3 is 5.32 Å². The van der Waals surface area contributed by atoms with Crippen LogP contribution in [0.5, 0.6) is 0 Å². The molecular formula is C10H19NO. The lowest BCUT2D eigenvalue weighted by atomic mass is 10.0. The predicted octanol–water partition coefficient (Wildman–Crippen LogP) is 2.11. The second kappa shape index (κ2) is 6.89. The van der Waals surface area contributed by atoms with Crippen molar-refractivity contribution in [2.75, 3.05) is 6.54 Å². The largest absolute Gasteiger partial charge is 0.356 e. The first-order chi connectivity index (χ1) is 5.70. The van der Waals surface area contributed by atoms with Gasteiger partial charge in [0.15, 0.2) is 0 Å². The maximum atomic E-state index is 10.6. The summed E-state index contributed by atoms with van der Waals surface area (Å²) in [5.74, 6) is 0.666. The average molecular weight is 169 g/mol. The lowest BCUT2D eigenvalue weighted by Gasteiger charge is -2.13. The number of carbonyl (C=O) groups is 1. The van der Waals surface area contributed by atoms with E-state index in [1.54, 1.807) is 6.92 Å². The molecule has 1 unspecified atom stereocenters. The molecule has 0 aromatic heterocycles. The fourth-order valence-electron chi connectivity index (χ4n) is 1.09. The number of amides is 1. The van der Waals surface area contributed by atoms with Crippen LogP contribution in [0.3, 0.4) is 0 Å². The standard InChI is InChI=1S/C10H19NO/c1-4-6-7-10(5-2)8-11-9(3)12/h4,10H,1,5-8H2,2-3H3,(H,11,12). The van der Waals surface area contributed by atoms with E-state index in [1.807, 2.05) is 6.08 Å². The first kappa shape index (κ1) is 11.2. The molecule has 0 aliphatic carbocycles. The van der Waals surface area contributed by atoms with Crippen LogP contribution >= 0.6 is 0 Å². The summed E-state index contributed by atoms with van der Waals surface area (Å²) in [7, 11) is 0. The average Bonchev–Trinajstić information content (AvgIpc) is 2.05. The number of rotatable bonds is 6. The molecule has 2 nitrogen and oxygen atoms in total. The van der Waals surface area contributed by atoms with Gasteiger partial charge in [0.2, 0.25) is 5.91 Å². The summed E-state index contributed by atoms with van der Waals surface area (Å²) in [6, 6.07) is 0. The third-order valence-corrected chi connectivity index (χ3v) is 2.00. The van der Waals surface area contributed by atoms with E-state index >= 15 is 0 Å². The Bertz CT molecular complexity index is 143. The number of nitrogens with one attached hydrogen (secondary N) is 1. The van der Waals surface area contributed by atoms with E-state index in [-0.39, 0.29) is 5.91 Å². The van der Waals surface area contributed by atoms with Crippen molar-refractivity contribution >= 4 is 5.91 Å². The zero-order valence-electron chi connectivity index (χ0n) is 8.10. The number of carbonyl (C=O) groups excluding carboxylic acids is 1. The first-order valence-electron chi connectivity index (χ1n) is 4.56. The highest BCUT2D eigenvalue weighted by Gasteiger charge is 2.04. The van der Waals surface area contributed by atoms with Crippen molar-refractivity contribution in [1.82, 2.24) is 5.32 Å². The molecular weight excluding hydrogens is 150 g/mol. The maximum Gasteiger partial charge on any atom is 0.216 e. The Balaban J connectivity index is 3.52. The fourth-order valence-corrected chi connectivity index (χ4v) is 1.09. The highest BCUT2D eigenvalue weighted by molar-refractivity contribution is 5.72. The molecule has 0 bridgehead atoms. The van der Waals surface area contributed by atoms with Gasteiger partial charge in [0.25, 0.3) is 0 Å². The molecule has 1 N–H and O–H groups in total. The molecule has 12 heavy (non-hydrogen) atoms. The van der Waals surface area contributed by atoms with Gasteiger partial charge >= 0.3 is 0 Å². The highest BCUT2D eigenvalue weighted by atomic mass is 16.1. The zero-order chi connectivity index (χ0) is 9.40. The van der Waals surface area contributed by atoms with E-state index in [2.05, 4.69) is 18.8 Å². The quantitative estimate of drug-likeness (QED) is 0.606. The highest BCUT2D eigenvalue weighted by Crippen LogP contribution is 2.09. The van der Waals surface area contributed by atoms with E-state index in [0.717, 1.165) is 25.8 Å². The minimum atomic E-state index is 0.0621. The summed E-state index contributed by atoms with van der Waals surface area (Å²) in [6.45, 7) is 8.18. The van der Waals surface area contributed by atoms with Gasteiger partial charge in [0.05, 0.1) is 0 Å². The second-order valence-electron chi connectivity index (χ2n) is 3.08. The van der Waals surface area contributed by atoms with Crippen molar-refractivity contribution < 1.29 is 4.79 Å². The van der Waals surface area contributed by atoms with Crippen LogP contribution in [0.25, 0.3) is 0 Å². The Hall–Kier alpha value is -0.790. The zero-order valence-corrected chi connectivity index (χ0v) is 8.10. The molecule has 0 saturated heterocycles. The molecule has 0 saturated carbocycles. The minimum Gasteiger partial charge on any atom is -0.356 e. The van der Waals surface area contributed by atoms with Gasteiger partial charge in [-0.15, -0.1) is 6.58 Å². The molecule has 0 spiro atoms. The van der Waals surface area contributed by atoms with Crippen LogP contribution in [-0.2, 0) is 4.79 Å². The third kappa shape index (κ3) is 5.96. The summed E-state index contributed by atoms with van der Waals surface area (Å²) < 4.78 is 0. The summed E-state index contributed by atoms with van der Waals surface area (Å²) in [5, 5.41) is 2.83. The van der Waals surface area contributed by atoms with E-state index in [0.29, 0.717) is 5.92 Å². The van der Waals surface area contributed by atoms with Crippen LogP contribution in [0.4, 0.5) is 0 Å². The van der Waals surface area contributed by atoms with Gasteiger partial charge in [-0.3, -0.25) is 4.79 Å². The minimum absolute atomic E-state index is 0.0621. The molecule has 2 heteroatoms. The van der Waals surface area contributed by atoms with Crippen LogP contribution in [0.15, 0.2) is 12.7 Å². The smallest absolute Gasteiger partial charge is 0.216 e. The number of hydrogen-bond donors (Lipinski definition) is 1. The molecule has 0 rings (SSSR count). The van der Waals surface area contributed by atoms with Crippen molar-refractivity contribution in [3.8, 4) is 0 Å². The first-order valence-corrected chi connectivity index (χ1v) is 4.56. The van der Waals surface area contributed by atoms with Crippen LogP contribution < -0.4 is 5.32 Å². The van der Waals surface area contributed by atoms with E-state index in [9.17, 15) is 4.79 Å².